The summed E-state index contributed by atoms with van der Waals surface area (Å²) in [5, 5.41) is 0.594. The van der Waals surface area contributed by atoms with E-state index in [1.54, 1.807) is 0 Å². The van der Waals surface area contributed by atoms with Crippen LogP contribution < -0.4 is 4.90 Å². The van der Waals surface area contributed by atoms with Crippen molar-refractivity contribution in [1.82, 2.24) is 9.97 Å². The molecule has 1 aliphatic rings. The summed E-state index contributed by atoms with van der Waals surface area (Å²) in [6, 6.07) is 16.3. The van der Waals surface area contributed by atoms with Crippen molar-refractivity contribution in [2.75, 3.05) is 4.90 Å². The van der Waals surface area contributed by atoms with Crippen LogP contribution in [0.4, 0.5) is 5.69 Å². The number of anilines is 1. The molecule has 0 radical (unpaired) electrons. The predicted molar refractivity (Wildman–Crippen MR) is 98.5 cm³/mol. The zero-order chi connectivity index (χ0) is 16.7. The number of carbonyl (C=O) groups is 1. The molecular formula is C19H19N3OS. The number of carbonyl (C=O) groups excluding carboxylic acids is 1. The molecule has 1 aliphatic heterocycles. The molecular weight excluding hydrogens is 318 g/mol. The number of rotatable bonds is 3. The monoisotopic (exact) mass is 337 g/mol. The van der Waals surface area contributed by atoms with E-state index < -0.39 is 0 Å². The van der Waals surface area contributed by atoms with Crippen LogP contribution in [0.1, 0.15) is 19.4 Å². The minimum absolute atomic E-state index is 0.137. The van der Waals surface area contributed by atoms with Gasteiger partial charge < -0.3 is 9.88 Å². The van der Waals surface area contributed by atoms with Crippen LogP contribution in [0.5, 0.6) is 0 Å². The first kappa shape index (κ1) is 15.3. The minimum atomic E-state index is -0.195. The van der Waals surface area contributed by atoms with Crippen molar-refractivity contribution in [3.63, 3.8) is 0 Å². The van der Waals surface area contributed by atoms with Crippen molar-refractivity contribution >= 4 is 34.4 Å². The largest absolute Gasteiger partial charge is 0.333 e. The topological polar surface area (TPSA) is 49.0 Å². The van der Waals surface area contributed by atoms with Gasteiger partial charge in [-0.3, -0.25) is 4.79 Å². The highest BCUT2D eigenvalue weighted by atomic mass is 32.2. The number of hydrogen-bond donors (Lipinski definition) is 1. The summed E-state index contributed by atoms with van der Waals surface area (Å²) in [7, 11) is 0. The van der Waals surface area contributed by atoms with Gasteiger partial charge in [-0.25, -0.2) is 4.98 Å². The van der Waals surface area contributed by atoms with Gasteiger partial charge in [0.05, 0.1) is 16.3 Å². The van der Waals surface area contributed by atoms with Gasteiger partial charge in [-0.15, -0.1) is 0 Å². The van der Waals surface area contributed by atoms with E-state index in [0.29, 0.717) is 0 Å². The zero-order valence-corrected chi connectivity index (χ0v) is 14.5. The number of hydrogen-bond acceptors (Lipinski definition) is 3. The maximum atomic E-state index is 13.0. The van der Waals surface area contributed by atoms with Crippen LogP contribution in [0.2, 0.25) is 0 Å². The van der Waals surface area contributed by atoms with Crippen molar-refractivity contribution in [3.8, 4) is 0 Å². The van der Waals surface area contributed by atoms with Gasteiger partial charge in [0, 0.05) is 11.7 Å². The Morgan fingerprint density at radius 1 is 1.25 bits per heavy atom. The number of benzene rings is 2. The van der Waals surface area contributed by atoms with Gasteiger partial charge >= 0.3 is 0 Å². The number of H-pyrrole nitrogens is 1. The minimum Gasteiger partial charge on any atom is -0.333 e. The summed E-state index contributed by atoms with van der Waals surface area (Å²) in [5.41, 5.74) is 4.23. The second-order valence-corrected chi connectivity index (χ2v) is 7.54. The Bertz CT molecular complexity index is 871. The third-order valence-electron chi connectivity index (χ3n) is 4.45. The summed E-state index contributed by atoms with van der Waals surface area (Å²) in [6.45, 7) is 4.06. The van der Waals surface area contributed by atoms with Crippen LogP contribution in [0.3, 0.4) is 0 Å². The molecule has 0 unspecified atom stereocenters. The van der Waals surface area contributed by atoms with E-state index >= 15 is 0 Å². The van der Waals surface area contributed by atoms with Crippen molar-refractivity contribution in [3.05, 3.63) is 54.1 Å². The first-order valence-electron chi connectivity index (χ1n) is 8.16. The molecule has 0 bridgehead atoms. The average Bonchev–Trinajstić information content (AvgIpc) is 3.13. The SMILES string of the molecule is C[C@@H](Sc1nc2ccccc2[nH]1)C(=O)N1c2ccccc2C[C@@H]1C. The Morgan fingerprint density at radius 3 is 2.83 bits per heavy atom. The molecule has 2 aromatic carbocycles. The molecule has 0 fully saturated rings. The summed E-state index contributed by atoms with van der Waals surface area (Å²) in [6.07, 6.45) is 0.921. The molecule has 4 rings (SSSR count). The van der Waals surface area contributed by atoms with E-state index in [1.165, 1.54) is 17.3 Å². The molecule has 0 saturated heterocycles. The molecule has 0 spiro atoms. The highest BCUT2D eigenvalue weighted by Crippen LogP contribution is 2.34. The molecule has 122 valence electrons. The van der Waals surface area contributed by atoms with E-state index in [2.05, 4.69) is 23.0 Å². The second-order valence-electron chi connectivity index (χ2n) is 6.21. The van der Waals surface area contributed by atoms with Crippen LogP contribution >= 0.6 is 11.8 Å². The predicted octanol–water partition coefficient (Wildman–Crippen LogP) is 4.02. The third-order valence-corrected chi connectivity index (χ3v) is 5.42. The van der Waals surface area contributed by atoms with Crippen molar-refractivity contribution in [2.45, 2.75) is 36.7 Å². The van der Waals surface area contributed by atoms with Crippen molar-refractivity contribution < 1.29 is 4.79 Å². The van der Waals surface area contributed by atoms with Crippen LogP contribution in [0.15, 0.2) is 53.7 Å². The third kappa shape index (κ3) is 2.59. The molecule has 5 heteroatoms. The standard InChI is InChI=1S/C19H19N3OS/c1-12-11-14-7-3-6-10-17(14)22(12)18(23)13(2)24-19-20-15-8-4-5-9-16(15)21-19/h3-10,12-13H,11H2,1-2H3,(H,20,21)/t12-,13+/m0/s1. The fourth-order valence-corrected chi connectivity index (χ4v) is 4.17. The lowest BCUT2D eigenvalue weighted by molar-refractivity contribution is -0.118. The van der Waals surface area contributed by atoms with Crippen molar-refractivity contribution in [2.24, 2.45) is 0 Å². The van der Waals surface area contributed by atoms with Gasteiger partial charge in [0.25, 0.3) is 0 Å². The Balaban J connectivity index is 1.56. The van der Waals surface area contributed by atoms with E-state index in [4.69, 9.17) is 0 Å². The number of nitrogens with zero attached hydrogens (tertiary/aromatic N) is 2. The van der Waals surface area contributed by atoms with E-state index in [0.717, 1.165) is 28.3 Å². The number of thioether (sulfide) groups is 1. The molecule has 3 aromatic rings. The zero-order valence-electron chi connectivity index (χ0n) is 13.7. The highest BCUT2D eigenvalue weighted by molar-refractivity contribution is 8.00. The molecule has 1 aromatic heterocycles. The summed E-state index contributed by atoms with van der Waals surface area (Å²) >= 11 is 1.48. The summed E-state index contributed by atoms with van der Waals surface area (Å²) in [5.74, 6) is 0.137. The number of amides is 1. The Hall–Kier alpha value is -2.27. The van der Waals surface area contributed by atoms with Gasteiger partial charge in [-0.1, -0.05) is 42.1 Å². The van der Waals surface area contributed by atoms with E-state index in [1.807, 2.05) is 54.3 Å². The number of aromatic amines is 1. The van der Waals surface area contributed by atoms with Gasteiger partial charge in [0.2, 0.25) is 5.91 Å². The van der Waals surface area contributed by atoms with E-state index in [9.17, 15) is 4.79 Å². The molecule has 24 heavy (non-hydrogen) atoms. The van der Waals surface area contributed by atoms with Crippen molar-refractivity contribution in [1.29, 1.82) is 0 Å². The maximum absolute atomic E-state index is 13.0. The Morgan fingerprint density at radius 2 is 2.00 bits per heavy atom. The molecule has 2 atom stereocenters. The van der Waals surface area contributed by atoms with E-state index in [-0.39, 0.29) is 17.2 Å². The quantitative estimate of drug-likeness (QED) is 0.734. The molecule has 2 heterocycles. The van der Waals surface area contributed by atoms with Crippen LogP contribution in [-0.4, -0.2) is 27.2 Å². The molecule has 4 nitrogen and oxygen atoms in total. The normalized spacial score (nSPS) is 17.9. The van der Waals surface area contributed by atoms with Gasteiger partial charge in [0.15, 0.2) is 5.16 Å². The smallest absolute Gasteiger partial charge is 0.240 e. The summed E-state index contributed by atoms with van der Waals surface area (Å²) in [4.78, 5) is 22.8. The van der Waals surface area contributed by atoms with Gasteiger partial charge in [-0.05, 0) is 44.0 Å². The number of para-hydroxylation sites is 3. The molecule has 1 amide bonds. The van der Waals surface area contributed by atoms with Gasteiger partial charge in [-0.2, -0.15) is 0 Å². The first-order chi connectivity index (χ1) is 11.6. The lowest BCUT2D eigenvalue weighted by Crippen LogP contribution is -2.40. The highest BCUT2D eigenvalue weighted by Gasteiger charge is 2.33. The van der Waals surface area contributed by atoms with Crippen LogP contribution in [0, 0.1) is 0 Å². The number of imidazole rings is 1. The lowest BCUT2D eigenvalue weighted by atomic mass is 10.1. The molecule has 0 saturated carbocycles. The maximum Gasteiger partial charge on any atom is 0.240 e. The summed E-state index contributed by atoms with van der Waals surface area (Å²) < 4.78 is 0. The second kappa shape index (κ2) is 5.98. The average molecular weight is 337 g/mol. The van der Waals surface area contributed by atoms with Crippen LogP contribution in [0.25, 0.3) is 11.0 Å². The van der Waals surface area contributed by atoms with Crippen LogP contribution in [-0.2, 0) is 11.2 Å². The fourth-order valence-electron chi connectivity index (χ4n) is 3.30. The number of nitrogens with one attached hydrogen (secondary N) is 1. The lowest BCUT2D eigenvalue weighted by Gasteiger charge is -2.25. The molecule has 0 aliphatic carbocycles. The molecule has 1 N–H and O–H groups in total. The first-order valence-corrected chi connectivity index (χ1v) is 9.04. The fraction of sp³-hybridized carbons (Fsp3) is 0.263. The number of aromatic nitrogens is 2. The Labute approximate surface area is 145 Å². The number of fused-ring (bicyclic) bond motifs is 2. The Kier molecular flexibility index (Phi) is 3.81. The van der Waals surface area contributed by atoms with Gasteiger partial charge in [0.1, 0.15) is 0 Å².